The molecule has 4 nitrogen and oxygen atoms in total. The first-order valence-corrected chi connectivity index (χ1v) is 6.18. The Morgan fingerprint density at radius 1 is 1.41 bits per heavy atom. The molecule has 1 saturated heterocycles. The lowest BCUT2D eigenvalue weighted by Gasteiger charge is -2.21. The van der Waals surface area contributed by atoms with Crippen LogP contribution in [-0.2, 0) is 4.79 Å². The molecule has 5 heteroatoms. The molecule has 1 unspecified atom stereocenters. The zero-order valence-corrected chi connectivity index (χ0v) is 10.7. The van der Waals surface area contributed by atoms with Crippen LogP contribution in [0.1, 0.15) is 23.2 Å². The van der Waals surface area contributed by atoms with Crippen molar-refractivity contribution < 1.29 is 14.7 Å². The van der Waals surface area contributed by atoms with Gasteiger partial charge in [0.25, 0.3) is 5.91 Å². The Bertz CT molecular complexity index is 461. The summed E-state index contributed by atoms with van der Waals surface area (Å²) in [5.74, 6) is -1.14. The molecular weight excluding hydrogens is 286 g/mol. The number of benzene rings is 1. The first-order chi connectivity index (χ1) is 8.09. The van der Waals surface area contributed by atoms with Crippen LogP contribution in [0.4, 0.5) is 0 Å². The Morgan fingerprint density at radius 2 is 2.18 bits per heavy atom. The zero-order valence-electron chi connectivity index (χ0n) is 9.10. The quantitative estimate of drug-likeness (QED) is 0.910. The van der Waals surface area contributed by atoms with Gasteiger partial charge in [-0.15, -0.1) is 0 Å². The molecule has 17 heavy (non-hydrogen) atoms. The van der Waals surface area contributed by atoms with Crippen LogP contribution < -0.4 is 0 Å². The number of carboxylic acid groups (broad SMARTS) is 1. The van der Waals surface area contributed by atoms with Gasteiger partial charge in [-0.2, -0.15) is 0 Å². The number of nitrogens with zero attached hydrogens (tertiary/aromatic N) is 1. The lowest BCUT2D eigenvalue weighted by molar-refractivity contribution is -0.141. The summed E-state index contributed by atoms with van der Waals surface area (Å²) in [5, 5.41) is 9.03. The number of carbonyl (C=O) groups is 2. The van der Waals surface area contributed by atoms with Gasteiger partial charge >= 0.3 is 5.97 Å². The van der Waals surface area contributed by atoms with Gasteiger partial charge in [-0.1, -0.05) is 22.0 Å². The predicted molar refractivity (Wildman–Crippen MR) is 65.8 cm³/mol. The Labute approximate surface area is 107 Å². The van der Waals surface area contributed by atoms with E-state index in [-0.39, 0.29) is 5.91 Å². The van der Waals surface area contributed by atoms with E-state index in [1.807, 2.05) is 6.07 Å². The smallest absolute Gasteiger partial charge is 0.326 e. The third kappa shape index (κ3) is 2.49. The second-order valence-electron chi connectivity index (χ2n) is 4.01. The molecular formula is C12H12BrNO3. The Morgan fingerprint density at radius 3 is 2.82 bits per heavy atom. The van der Waals surface area contributed by atoms with Crippen molar-refractivity contribution in [1.29, 1.82) is 0 Å². The van der Waals surface area contributed by atoms with Crippen molar-refractivity contribution in [3.8, 4) is 0 Å². The average molecular weight is 298 g/mol. The summed E-state index contributed by atoms with van der Waals surface area (Å²) in [6, 6.07) is 6.32. The van der Waals surface area contributed by atoms with E-state index in [0.717, 1.165) is 10.9 Å². The number of carboxylic acids is 1. The minimum absolute atomic E-state index is 0.212. The van der Waals surface area contributed by atoms with Crippen LogP contribution in [0.15, 0.2) is 28.7 Å². The second kappa shape index (κ2) is 4.87. The first-order valence-electron chi connectivity index (χ1n) is 5.39. The predicted octanol–water partition coefficient (Wildman–Crippen LogP) is 2.14. The molecule has 1 amide bonds. The van der Waals surface area contributed by atoms with Gasteiger partial charge in [-0.3, -0.25) is 4.79 Å². The number of carbonyl (C=O) groups excluding carboxylic acids is 1. The molecule has 1 aromatic carbocycles. The fourth-order valence-electron chi connectivity index (χ4n) is 2.05. The van der Waals surface area contributed by atoms with Crippen LogP contribution in [-0.4, -0.2) is 34.5 Å². The molecule has 1 fully saturated rings. The maximum atomic E-state index is 12.2. The van der Waals surface area contributed by atoms with Crippen LogP contribution in [0, 0.1) is 0 Å². The van der Waals surface area contributed by atoms with Crippen LogP contribution in [0.5, 0.6) is 0 Å². The first kappa shape index (κ1) is 12.1. The molecule has 0 bridgehead atoms. The Balaban J connectivity index is 2.23. The number of hydrogen-bond donors (Lipinski definition) is 1. The summed E-state index contributed by atoms with van der Waals surface area (Å²) in [6.07, 6.45) is 1.28. The van der Waals surface area contributed by atoms with E-state index < -0.39 is 12.0 Å². The van der Waals surface area contributed by atoms with E-state index in [4.69, 9.17) is 5.11 Å². The fraction of sp³-hybridized carbons (Fsp3) is 0.333. The maximum Gasteiger partial charge on any atom is 0.326 e. The summed E-state index contributed by atoms with van der Waals surface area (Å²) < 4.78 is 0.814. The van der Waals surface area contributed by atoms with E-state index in [1.54, 1.807) is 18.2 Å². The third-order valence-corrected chi connectivity index (χ3v) is 3.36. The van der Waals surface area contributed by atoms with Gasteiger partial charge in [0.15, 0.2) is 0 Å². The van der Waals surface area contributed by atoms with Crippen molar-refractivity contribution in [2.75, 3.05) is 6.54 Å². The minimum atomic E-state index is -0.925. The molecule has 0 aliphatic carbocycles. The van der Waals surface area contributed by atoms with Crippen LogP contribution >= 0.6 is 15.9 Å². The molecule has 1 atom stereocenters. The molecule has 1 heterocycles. The number of hydrogen-bond acceptors (Lipinski definition) is 2. The largest absolute Gasteiger partial charge is 0.480 e. The molecule has 1 N–H and O–H groups in total. The maximum absolute atomic E-state index is 12.2. The van der Waals surface area contributed by atoms with Crippen LogP contribution in [0.3, 0.4) is 0 Å². The lowest BCUT2D eigenvalue weighted by Crippen LogP contribution is -2.40. The summed E-state index contributed by atoms with van der Waals surface area (Å²) in [5.41, 5.74) is 0.521. The van der Waals surface area contributed by atoms with Crippen LogP contribution in [0.25, 0.3) is 0 Å². The number of likely N-dealkylation sites (tertiary alicyclic amines) is 1. The summed E-state index contributed by atoms with van der Waals surface area (Å²) in [7, 11) is 0. The van der Waals surface area contributed by atoms with Gasteiger partial charge < -0.3 is 10.0 Å². The molecule has 0 aromatic heterocycles. The van der Waals surface area contributed by atoms with Crippen molar-refractivity contribution in [3.05, 3.63) is 34.3 Å². The highest BCUT2D eigenvalue weighted by Crippen LogP contribution is 2.21. The Kier molecular flexibility index (Phi) is 3.47. The topological polar surface area (TPSA) is 57.6 Å². The van der Waals surface area contributed by atoms with E-state index in [0.29, 0.717) is 18.5 Å². The zero-order chi connectivity index (χ0) is 12.4. The second-order valence-corrected chi connectivity index (χ2v) is 4.92. The molecule has 90 valence electrons. The average Bonchev–Trinajstić information content (AvgIpc) is 2.77. The van der Waals surface area contributed by atoms with Gasteiger partial charge in [0, 0.05) is 16.6 Å². The van der Waals surface area contributed by atoms with Crippen molar-refractivity contribution in [1.82, 2.24) is 4.90 Å². The van der Waals surface area contributed by atoms with Crippen molar-refractivity contribution in [2.45, 2.75) is 18.9 Å². The SMILES string of the molecule is O=C(O)C1CCCN1C(=O)c1cccc(Br)c1. The van der Waals surface area contributed by atoms with E-state index in [9.17, 15) is 9.59 Å². The van der Waals surface area contributed by atoms with Crippen molar-refractivity contribution >= 4 is 27.8 Å². The highest BCUT2D eigenvalue weighted by molar-refractivity contribution is 9.10. The summed E-state index contributed by atoms with van der Waals surface area (Å²) in [4.78, 5) is 24.6. The standard InChI is InChI=1S/C12H12BrNO3/c13-9-4-1-3-8(7-9)11(15)14-6-2-5-10(14)12(16)17/h1,3-4,7,10H,2,5-6H2,(H,16,17). The minimum Gasteiger partial charge on any atom is -0.480 e. The van der Waals surface area contributed by atoms with Gasteiger partial charge in [-0.25, -0.2) is 4.79 Å². The summed E-state index contributed by atoms with van der Waals surface area (Å²) >= 11 is 3.30. The highest BCUT2D eigenvalue weighted by atomic mass is 79.9. The van der Waals surface area contributed by atoms with Gasteiger partial charge in [0.2, 0.25) is 0 Å². The molecule has 2 rings (SSSR count). The molecule has 1 aliphatic rings. The van der Waals surface area contributed by atoms with Crippen LogP contribution in [0.2, 0.25) is 0 Å². The van der Waals surface area contributed by atoms with E-state index in [2.05, 4.69) is 15.9 Å². The Hall–Kier alpha value is -1.36. The van der Waals surface area contributed by atoms with Gasteiger partial charge in [-0.05, 0) is 31.0 Å². The lowest BCUT2D eigenvalue weighted by atomic mass is 10.1. The van der Waals surface area contributed by atoms with Crippen molar-refractivity contribution in [3.63, 3.8) is 0 Å². The van der Waals surface area contributed by atoms with Crippen molar-refractivity contribution in [2.24, 2.45) is 0 Å². The molecule has 0 saturated carbocycles. The van der Waals surface area contributed by atoms with Gasteiger partial charge in [0.1, 0.15) is 6.04 Å². The number of aliphatic carboxylic acids is 1. The molecule has 1 aromatic rings. The summed E-state index contributed by atoms with van der Waals surface area (Å²) in [6.45, 7) is 0.516. The highest BCUT2D eigenvalue weighted by Gasteiger charge is 2.34. The fourth-order valence-corrected chi connectivity index (χ4v) is 2.45. The molecule has 0 spiro atoms. The number of amides is 1. The van der Waals surface area contributed by atoms with Gasteiger partial charge in [0.05, 0.1) is 0 Å². The third-order valence-electron chi connectivity index (χ3n) is 2.87. The number of rotatable bonds is 2. The normalized spacial score (nSPS) is 19.4. The number of halogens is 1. The molecule has 0 radical (unpaired) electrons. The monoisotopic (exact) mass is 297 g/mol. The molecule has 1 aliphatic heterocycles. The van der Waals surface area contributed by atoms with E-state index in [1.165, 1.54) is 4.90 Å². The van der Waals surface area contributed by atoms with E-state index >= 15 is 0 Å².